The topological polar surface area (TPSA) is 50.8 Å². The second kappa shape index (κ2) is 13.3. The largest absolute Gasteiger partial charge is 0.310 e. The molecule has 10 rings (SSSR count). The van der Waals surface area contributed by atoms with Crippen molar-refractivity contribution in [2.24, 2.45) is 0 Å². The number of hydrogen-bond donors (Lipinski definition) is 0. The van der Waals surface area contributed by atoms with Crippen molar-refractivity contribution in [1.82, 2.24) is 0 Å². The molecule has 1 aliphatic heterocycles. The van der Waals surface area contributed by atoms with Gasteiger partial charge in [-0.1, -0.05) is 158 Å². The highest BCUT2D eigenvalue weighted by molar-refractivity contribution is 5.99. The number of nitrogens with zero attached hydrogens (tertiary/aromatic N) is 3. The summed E-state index contributed by atoms with van der Waals surface area (Å²) in [5, 5.41) is 20.4. The van der Waals surface area contributed by atoms with Crippen molar-refractivity contribution in [3.63, 3.8) is 0 Å². The van der Waals surface area contributed by atoms with Crippen LogP contribution in [0.3, 0.4) is 0 Å². The van der Waals surface area contributed by atoms with Crippen LogP contribution < -0.4 is 4.90 Å². The van der Waals surface area contributed by atoms with E-state index in [1.54, 1.807) is 0 Å². The van der Waals surface area contributed by atoms with Gasteiger partial charge in [-0.05, 0) is 109 Å². The molecule has 0 unspecified atom stereocenters. The van der Waals surface area contributed by atoms with Crippen LogP contribution in [-0.4, -0.2) is 0 Å². The molecule has 1 heterocycles. The molecule has 3 nitrogen and oxygen atoms in total. The lowest BCUT2D eigenvalue weighted by Crippen LogP contribution is -2.40. The summed E-state index contributed by atoms with van der Waals surface area (Å²) in [6.07, 6.45) is 0. The van der Waals surface area contributed by atoms with E-state index in [0.717, 1.165) is 61.6 Å². The van der Waals surface area contributed by atoms with Crippen LogP contribution in [0, 0.1) is 22.7 Å². The van der Waals surface area contributed by atoms with E-state index in [0.29, 0.717) is 5.57 Å². The summed E-state index contributed by atoms with van der Waals surface area (Å²) in [6, 6.07) is 75.3. The van der Waals surface area contributed by atoms with Crippen molar-refractivity contribution in [2.75, 3.05) is 4.90 Å². The molecule has 0 bridgehead atoms. The lowest BCUT2D eigenvalue weighted by molar-refractivity contribution is 0.718. The van der Waals surface area contributed by atoms with Gasteiger partial charge in [0.2, 0.25) is 0 Å². The molecule has 3 heteroatoms. The second-order valence-electron chi connectivity index (χ2n) is 14.3. The number of para-hydroxylation sites is 2. The van der Waals surface area contributed by atoms with Crippen LogP contribution in [0.25, 0.3) is 39.0 Å². The number of nitriles is 2. The summed E-state index contributed by atoms with van der Waals surface area (Å²) in [7, 11) is 0. The van der Waals surface area contributed by atoms with Crippen molar-refractivity contribution in [3.8, 4) is 45.5 Å². The van der Waals surface area contributed by atoms with E-state index in [1.165, 1.54) is 22.3 Å². The minimum atomic E-state index is -0.720. The minimum absolute atomic E-state index is 0.113. The molecule has 0 amide bonds. The highest BCUT2D eigenvalue weighted by Crippen LogP contribution is 2.62. The monoisotopic (exact) mass is 711 g/mol. The third-order valence-electron chi connectivity index (χ3n) is 11.4. The molecule has 1 spiro atoms. The van der Waals surface area contributed by atoms with E-state index in [1.807, 2.05) is 12.1 Å². The van der Waals surface area contributed by atoms with Gasteiger partial charge in [-0.2, -0.15) is 10.5 Å². The molecular formula is C53H33N3. The number of fused-ring (bicyclic) bond motifs is 8. The first-order chi connectivity index (χ1) is 27.7. The van der Waals surface area contributed by atoms with E-state index in [4.69, 9.17) is 0 Å². The zero-order chi connectivity index (χ0) is 37.6. The van der Waals surface area contributed by atoms with Gasteiger partial charge >= 0.3 is 0 Å². The number of anilines is 3. The first-order valence-electron chi connectivity index (χ1n) is 18.8. The first-order valence-corrected chi connectivity index (χ1v) is 18.8. The Kier molecular flexibility index (Phi) is 7.81. The first kappa shape index (κ1) is 32.9. The van der Waals surface area contributed by atoms with Crippen molar-refractivity contribution in [3.05, 3.63) is 239 Å². The second-order valence-corrected chi connectivity index (χ2v) is 14.3. The molecule has 260 valence electrons. The van der Waals surface area contributed by atoms with Crippen LogP contribution in [0.4, 0.5) is 17.1 Å². The number of allylic oxidation sites excluding steroid dienone is 1. The highest BCUT2D eigenvalue weighted by atomic mass is 15.2. The Morgan fingerprint density at radius 2 is 0.786 bits per heavy atom. The molecule has 1 aliphatic carbocycles. The van der Waals surface area contributed by atoms with Gasteiger partial charge in [0.25, 0.3) is 0 Å². The lowest BCUT2D eigenvalue weighted by atomic mass is 9.56. The van der Waals surface area contributed by atoms with Gasteiger partial charge < -0.3 is 4.90 Å². The van der Waals surface area contributed by atoms with Gasteiger partial charge in [0.1, 0.15) is 17.7 Å². The van der Waals surface area contributed by atoms with Crippen molar-refractivity contribution >= 4 is 22.6 Å². The molecule has 0 saturated heterocycles. The van der Waals surface area contributed by atoms with Gasteiger partial charge in [-0.3, -0.25) is 0 Å². The molecule has 8 aromatic carbocycles. The Labute approximate surface area is 326 Å². The molecule has 56 heavy (non-hydrogen) atoms. The van der Waals surface area contributed by atoms with Crippen LogP contribution in [-0.2, 0) is 5.41 Å². The summed E-state index contributed by atoms with van der Waals surface area (Å²) in [5.74, 6) is 0. The molecule has 8 aromatic rings. The van der Waals surface area contributed by atoms with Crippen molar-refractivity contribution in [1.29, 1.82) is 10.5 Å². The Hall–Kier alpha value is -7.72. The van der Waals surface area contributed by atoms with Gasteiger partial charge in [0.05, 0.1) is 16.8 Å². The fraction of sp³-hybridized carbons (Fsp3) is 0.0189. The number of hydrogen-bond acceptors (Lipinski definition) is 3. The van der Waals surface area contributed by atoms with E-state index in [9.17, 15) is 10.5 Å². The van der Waals surface area contributed by atoms with E-state index in [-0.39, 0.29) is 5.57 Å². The molecule has 0 fully saturated rings. The maximum atomic E-state index is 10.2. The SMILES string of the molecule is N#CC(C#N)=C1c2ccccc2C2(c3ccccc31)c1ccccc1N(c1cccc(-c3cc(-c4ccccc4)cc(-c4ccccc4)c3)c1)c1ccccc12. The maximum Gasteiger partial charge on any atom is 0.138 e. The summed E-state index contributed by atoms with van der Waals surface area (Å²) < 4.78 is 0. The molecule has 0 N–H and O–H groups in total. The van der Waals surface area contributed by atoms with Crippen LogP contribution in [0.5, 0.6) is 0 Å². The van der Waals surface area contributed by atoms with Crippen molar-refractivity contribution < 1.29 is 0 Å². The Morgan fingerprint density at radius 3 is 1.29 bits per heavy atom. The average Bonchev–Trinajstić information content (AvgIpc) is 3.28. The van der Waals surface area contributed by atoms with E-state index in [2.05, 4.69) is 205 Å². The fourth-order valence-corrected chi connectivity index (χ4v) is 9.07. The minimum Gasteiger partial charge on any atom is -0.310 e. The van der Waals surface area contributed by atoms with Crippen LogP contribution in [0.2, 0.25) is 0 Å². The molecule has 0 aromatic heterocycles. The molecule has 0 radical (unpaired) electrons. The summed E-state index contributed by atoms with van der Waals surface area (Å²) in [6.45, 7) is 0. The summed E-state index contributed by atoms with van der Waals surface area (Å²) in [5.41, 5.74) is 16.4. The van der Waals surface area contributed by atoms with Crippen LogP contribution >= 0.6 is 0 Å². The van der Waals surface area contributed by atoms with Crippen LogP contribution in [0.1, 0.15) is 33.4 Å². The summed E-state index contributed by atoms with van der Waals surface area (Å²) >= 11 is 0. The standard InChI is InChI=1S/C53H33N3/c54-34-42(35-55)52-44-22-7-9-24-46(44)53(47-25-10-8-23-45(47)52)48-26-11-13-28-50(48)56(51-29-14-12-27-49(51)53)43-21-15-20-38(33-43)41-31-39(36-16-3-1-4-17-36)30-40(32-41)37-18-5-2-6-19-37/h1-33H. The fourth-order valence-electron chi connectivity index (χ4n) is 9.07. The van der Waals surface area contributed by atoms with E-state index >= 15 is 0 Å². The van der Waals surface area contributed by atoms with Crippen molar-refractivity contribution in [2.45, 2.75) is 5.41 Å². The third kappa shape index (κ3) is 4.96. The van der Waals surface area contributed by atoms with Gasteiger partial charge in [0.15, 0.2) is 0 Å². The van der Waals surface area contributed by atoms with Crippen LogP contribution in [0.15, 0.2) is 206 Å². The molecule has 0 saturated carbocycles. The Morgan fingerprint density at radius 1 is 0.375 bits per heavy atom. The summed E-state index contributed by atoms with van der Waals surface area (Å²) in [4.78, 5) is 2.39. The van der Waals surface area contributed by atoms with Gasteiger partial charge in [-0.25, -0.2) is 0 Å². The quantitative estimate of drug-likeness (QED) is 0.171. The maximum absolute atomic E-state index is 10.2. The number of rotatable bonds is 4. The normalized spacial score (nSPS) is 13.0. The predicted molar refractivity (Wildman–Crippen MR) is 227 cm³/mol. The lowest BCUT2D eigenvalue weighted by Gasteiger charge is -2.49. The third-order valence-corrected chi connectivity index (χ3v) is 11.4. The Bertz CT molecular complexity index is 2770. The average molecular weight is 712 g/mol. The Balaban J connectivity index is 1.21. The highest BCUT2D eigenvalue weighted by Gasteiger charge is 2.51. The molecular weight excluding hydrogens is 679 g/mol. The predicted octanol–water partition coefficient (Wildman–Crippen LogP) is 13.0. The van der Waals surface area contributed by atoms with Gasteiger partial charge in [-0.15, -0.1) is 0 Å². The zero-order valence-electron chi connectivity index (χ0n) is 30.4. The van der Waals surface area contributed by atoms with E-state index < -0.39 is 5.41 Å². The molecule has 0 atom stereocenters. The zero-order valence-corrected chi connectivity index (χ0v) is 30.4. The molecule has 2 aliphatic rings. The number of benzene rings is 8. The van der Waals surface area contributed by atoms with Gasteiger partial charge in [0, 0.05) is 11.3 Å². The smallest absolute Gasteiger partial charge is 0.138 e.